The first kappa shape index (κ1) is 13.4. The normalized spacial score (nSPS) is 30.0. The van der Waals surface area contributed by atoms with Crippen LogP contribution < -0.4 is 0 Å². The molecule has 0 unspecified atom stereocenters. The summed E-state index contributed by atoms with van der Waals surface area (Å²) < 4.78 is 0. The molecule has 1 heterocycles. The number of likely N-dealkylation sites (tertiary alicyclic amines) is 1. The van der Waals surface area contributed by atoms with Crippen molar-refractivity contribution in [2.24, 2.45) is 17.3 Å². The summed E-state index contributed by atoms with van der Waals surface area (Å²) in [6.07, 6.45) is 5.09. The second kappa shape index (κ2) is 4.90. The van der Waals surface area contributed by atoms with Crippen LogP contribution in [0.1, 0.15) is 46.0 Å². The van der Waals surface area contributed by atoms with Gasteiger partial charge in [-0.25, -0.2) is 0 Å². The second-order valence-corrected chi connectivity index (χ2v) is 6.02. The molecule has 1 N–H and O–H groups in total. The van der Waals surface area contributed by atoms with Crippen LogP contribution in [0.3, 0.4) is 0 Å². The van der Waals surface area contributed by atoms with Gasteiger partial charge in [-0.3, -0.25) is 9.59 Å². The highest BCUT2D eigenvalue weighted by Crippen LogP contribution is 2.47. The number of carbonyl (C=O) groups excluding carboxylic acids is 1. The maximum atomic E-state index is 12.6. The fourth-order valence-corrected chi connectivity index (χ4v) is 3.44. The van der Waals surface area contributed by atoms with Gasteiger partial charge in [-0.05, 0) is 25.2 Å². The first-order valence-electron chi connectivity index (χ1n) is 7.02. The molecule has 0 bridgehead atoms. The van der Waals surface area contributed by atoms with Crippen LogP contribution in [0.4, 0.5) is 0 Å². The van der Waals surface area contributed by atoms with Crippen molar-refractivity contribution in [2.75, 3.05) is 13.1 Å². The summed E-state index contributed by atoms with van der Waals surface area (Å²) in [6.45, 7) is 5.06. The number of amides is 1. The van der Waals surface area contributed by atoms with Gasteiger partial charge in [0, 0.05) is 18.5 Å². The van der Waals surface area contributed by atoms with E-state index in [1.165, 1.54) is 0 Å². The lowest BCUT2D eigenvalue weighted by Gasteiger charge is -2.42. The van der Waals surface area contributed by atoms with Crippen LogP contribution in [0.2, 0.25) is 0 Å². The summed E-state index contributed by atoms with van der Waals surface area (Å²) in [6, 6.07) is 0. The number of hydrogen-bond donors (Lipinski definition) is 1. The van der Waals surface area contributed by atoms with Gasteiger partial charge in [0.1, 0.15) is 0 Å². The summed E-state index contributed by atoms with van der Waals surface area (Å²) in [4.78, 5) is 25.5. The lowest BCUT2D eigenvalue weighted by Crippen LogP contribution is -2.47. The molecule has 0 spiro atoms. The van der Waals surface area contributed by atoms with Gasteiger partial charge in [-0.1, -0.05) is 26.7 Å². The van der Waals surface area contributed by atoms with Crippen molar-refractivity contribution in [3.63, 3.8) is 0 Å². The molecular weight excluding hydrogens is 230 g/mol. The molecule has 4 heteroatoms. The number of nitrogens with zero attached hydrogens (tertiary/aromatic N) is 1. The molecule has 1 aliphatic heterocycles. The number of carbonyl (C=O) groups is 2. The van der Waals surface area contributed by atoms with Crippen molar-refractivity contribution < 1.29 is 14.7 Å². The summed E-state index contributed by atoms with van der Waals surface area (Å²) >= 11 is 0. The highest BCUT2D eigenvalue weighted by Gasteiger charge is 2.48. The predicted molar refractivity (Wildman–Crippen MR) is 68.1 cm³/mol. The van der Waals surface area contributed by atoms with Crippen LogP contribution in [0.5, 0.6) is 0 Å². The van der Waals surface area contributed by atoms with E-state index in [0.29, 0.717) is 13.1 Å². The van der Waals surface area contributed by atoms with E-state index in [2.05, 4.69) is 6.92 Å². The molecule has 0 aromatic rings. The molecule has 102 valence electrons. The first-order valence-corrected chi connectivity index (χ1v) is 7.02. The van der Waals surface area contributed by atoms with Crippen molar-refractivity contribution in [3.05, 3.63) is 0 Å². The smallest absolute Gasteiger partial charge is 0.308 e. The quantitative estimate of drug-likeness (QED) is 0.835. The van der Waals surface area contributed by atoms with Gasteiger partial charge in [0.15, 0.2) is 0 Å². The molecule has 1 saturated carbocycles. The Bertz CT molecular complexity index is 349. The largest absolute Gasteiger partial charge is 0.481 e. The topological polar surface area (TPSA) is 57.6 Å². The molecule has 0 aromatic heterocycles. The Labute approximate surface area is 108 Å². The van der Waals surface area contributed by atoms with Gasteiger partial charge in [-0.15, -0.1) is 0 Å². The van der Waals surface area contributed by atoms with Crippen molar-refractivity contribution in [2.45, 2.75) is 46.0 Å². The van der Waals surface area contributed by atoms with Crippen LogP contribution >= 0.6 is 0 Å². The average molecular weight is 253 g/mol. The highest BCUT2D eigenvalue weighted by atomic mass is 16.4. The van der Waals surface area contributed by atoms with Gasteiger partial charge >= 0.3 is 5.97 Å². The van der Waals surface area contributed by atoms with Crippen LogP contribution in [0, 0.1) is 17.3 Å². The SMILES string of the molecule is CCCC1(C(=O)N2C[C@@H](C)[C@H](C(=O)O)C2)CCC1. The molecule has 2 rings (SSSR count). The van der Waals surface area contributed by atoms with E-state index in [0.717, 1.165) is 32.1 Å². The van der Waals surface area contributed by atoms with Gasteiger partial charge in [-0.2, -0.15) is 0 Å². The van der Waals surface area contributed by atoms with Gasteiger partial charge < -0.3 is 10.0 Å². The third-order valence-corrected chi connectivity index (χ3v) is 4.71. The molecule has 1 aliphatic carbocycles. The van der Waals surface area contributed by atoms with Gasteiger partial charge in [0.2, 0.25) is 5.91 Å². The number of hydrogen-bond acceptors (Lipinski definition) is 2. The van der Waals surface area contributed by atoms with Crippen molar-refractivity contribution >= 4 is 11.9 Å². The van der Waals surface area contributed by atoms with E-state index in [4.69, 9.17) is 5.11 Å². The summed E-state index contributed by atoms with van der Waals surface area (Å²) in [5, 5.41) is 9.12. The minimum atomic E-state index is -0.768. The van der Waals surface area contributed by atoms with Crippen molar-refractivity contribution in [1.29, 1.82) is 0 Å². The van der Waals surface area contributed by atoms with Crippen molar-refractivity contribution in [1.82, 2.24) is 4.90 Å². The van der Waals surface area contributed by atoms with Crippen LogP contribution in [0.25, 0.3) is 0 Å². The third kappa shape index (κ3) is 2.13. The minimum Gasteiger partial charge on any atom is -0.481 e. The molecule has 1 amide bonds. The molecule has 0 radical (unpaired) electrons. The minimum absolute atomic E-state index is 0.0743. The predicted octanol–water partition coefficient (Wildman–Crippen LogP) is 2.14. The van der Waals surface area contributed by atoms with E-state index in [1.807, 2.05) is 6.92 Å². The zero-order valence-corrected chi connectivity index (χ0v) is 11.3. The number of aliphatic carboxylic acids is 1. The summed E-state index contributed by atoms with van der Waals surface area (Å²) in [5.41, 5.74) is -0.151. The summed E-state index contributed by atoms with van der Waals surface area (Å²) in [5.74, 6) is -0.861. The van der Waals surface area contributed by atoms with E-state index < -0.39 is 5.97 Å². The molecule has 18 heavy (non-hydrogen) atoms. The molecule has 4 nitrogen and oxygen atoms in total. The Morgan fingerprint density at radius 2 is 2.00 bits per heavy atom. The molecule has 0 aromatic carbocycles. The first-order chi connectivity index (χ1) is 8.50. The highest BCUT2D eigenvalue weighted by molar-refractivity contribution is 5.85. The maximum absolute atomic E-state index is 12.6. The Kier molecular flexibility index (Phi) is 3.64. The average Bonchev–Trinajstić information content (AvgIpc) is 2.65. The Balaban J connectivity index is 2.04. The van der Waals surface area contributed by atoms with E-state index in [9.17, 15) is 9.59 Å². The van der Waals surface area contributed by atoms with Crippen LogP contribution in [-0.4, -0.2) is 35.0 Å². The Morgan fingerprint density at radius 1 is 1.33 bits per heavy atom. The van der Waals surface area contributed by atoms with Crippen LogP contribution in [0.15, 0.2) is 0 Å². The van der Waals surface area contributed by atoms with E-state index in [1.54, 1.807) is 4.90 Å². The molecular formula is C14H23NO3. The molecule has 2 atom stereocenters. The molecule has 2 aliphatic rings. The Hall–Kier alpha value is -1.06. The lowest BCUT2D eigenvalue weighted by atomic mass is 9.65. The van der Waals surface area contributed by atoms with Crippen molar-refractivity contribution in [3.8, 4) is 0 Å². The zero-order chi connectivity index (χ0) is 13.3. The lowest BCUT2D eigenvalue weighted by molar-refractivity contribution is -0.148. The number of carboxylic acids is 1. The maximum Gasteiger partial charge on any atom is 0.308 e. The van der Waals surface area contributed by atoms with Crippen LogP contribution in [-0.2, 0) is 9.59 Å². The summed E-state index contributed by atoms with van der Waals surface area (Å²) in [7, 11) is 0. The van der Waals surface area contributed by atoms with Gasteiger partial charge in [0.05, 0.1) is 5.92 Å². The fourth-order valence-electron chi connectivity index (χ4n) is 3.44. The monoisotopic (exact) mass is 253 g/mol. The van der Waals surface area contributed by atoms with Gasteiger partial charge in [0.25, 0.3) is 0 Å². The third-order valence-electron chi connectivity index (χ3n) is 4.71. The second-order valence-electron chi connectivity index (χ2n) is 6.02. The molecule has 1 saturated heterocycles. The fraction of sp³-hybridized carbons (Fsp3) is 0.857. The van der Waals surface area contributed by atoms with E-state index in [-0.39, 0.29) is 23.2 Å². The standard InChI is InChI=1S/C14H23NO3/c1-3-5-14(6-4-7-14)13(18)15-8-10(2)11(9-15)12(16)17/h10-11H,3-9H2,1-2H3,(H,16,17)/t10-,11-/m1/s1. The number of carboxylic acid groups (broad SMARTS) is 1. The number of rotatable bonds is 4. The molecule has 2 fully saturated rings. The Morgan fingerprint density at radius 3 is 2.39 bits per heavy atom. The van der Waals surface area contributed by atoms with E-state index >= 15 is 0 Å². The zero-order valence-electron chi connectivity index (χ0n) is 11.3.